The maximum atomic E-state index is 13.8. The molecule has 2 N–H and O–H groups in total. The molecule has 0 bridgehead atoms. The molecular weight excluding hydrogens is 444 g/mol. The molecule has 2 aromatic carbocycles. The fourth-order valence-electron chi connectivity index (χ4n) is 3.63. The number of benzene rings is 2. The van der Waals surface area contributed by atoms with Crippen LogP contribution in [0.25, 0.3) is 11.0 Å². The second kappa shape index (κ2) is 9.38. The number of amides is 2. The van der Waals surface area contributed by atoms with Gasteiger partial charge in [0.1, 0.15) is 24.7 Å². The molecule has 0 saturated heterocycles. The van der Waals surface area contributed by atoms with Crippen molar-refractivity contribution in [1.29, 1.82) is 0 Å². The van der Waals surface area contributed by atoms with Gasteiger partial charge in [-0.3, -0.25) is 9.59 Å². The zero-order valence-electron chi connectivity index (χ0n) is 18.7. The van der Waals surface area contributed by atoms with Gasteiger partial charge in [-0.15, -0.1) is 0 Å². The Balaban J connectivity index is 1.48. The molecule has 2 heterocycles. The zero-order chi connectivity index (χ0) is 24.4. The molecule has 0 fully saturated rings. The average Bonchev–Trinajstić information content (AvgIpc) is 3.46. The van der Waals surface area contributed by atoms with E-state index in [1.165, 1.54) is 28.2 Å². The summed E-state index contributed by atoms with van der Waals surface area (Å²) >= 11 is 0. The van der Waals surface area contributed by atoms with Crippen molar-refractivity contribution in [2.24, 2.45) is 5.92 Å². The van der Waals surface area contributed by atoms with E-state index >= 15 is 0 Å². The highest BCUT2D eigenvalue weighted by molar-refractivity contribution is 5.96. The molecule has 0 spiro atoms. The Morgan fingerprint density at radius 2 is 1.53 bits per heavy atom. The van der Waals surface area contributed by atoms with Crippen LogP contribution in [0.3, 0.4) is 0 Å². The van der Waals surface area contributed by atoms with Crippen LogP contribution in [0.4, 0.5) is 20.2 Å². The number of anilines is 2. The van der Waals surface area contributed by atoms with E-state index in [4.69, 9.17) is 0 Å². The molecule has 2 atom stereocenters. The van der Waals surface area contributed by atoms with Crippen LogP contribution in [-0.2, 0) is 9.59 Å². The molecule has 9 nitrogen and oxygen atoms in total. The van der Waals surface area contributed by atoms with Gasteiger partial charge in [0.05, 0.1) is 17.4 Å². The molecule has 0 aliphatic rings. The highest BCUT2D eigenvalue weighted by Gasteiger charge is 2.26. The van der Waals surface area contributed by atoms with Gasteiger partial charge in [0.15, 0.2) is 11.6 Å². The number of carbonyl (C=O) groups is 2. The minimum atomic E-state index is -1.01. The summed E-state index contributed by atoms with van der Waals surface area (Å²) in [7, 11) is 0. The molecule has 2 aromatic heterocycles. The van der Waals surface area contributed by atoms with Gasteiger partial charge in [0, 0.05) is 23.5 Å². The monoisotopic (exact) mass is 467 g/mol. The first-order valence-corrected chi connectivity index (χ1v) is 10.6. The predicted molar refractivity (Wildman–Crippen MR) is 122 cm³/mol. The van der Waals surface area contributed by atoms with Crippen LogP contribution in [0.1, 0.15) is 32.9 Å². The fourth-order valence-corrected chi connectivity index (χ4v) is 3.63. The van der Waals surface area contributed by atoms with Gasteiger partial charge in [-0.2, -0.15) is 5.10 Å². The number of imidazole rings is 1. The number of hydrogen-bond donors (Lipinski definition) is 2. The van der Waals surface area contributed by atoms with Crippen LogP contribution in [0.15, 0.2) is 55.4 Å². The maximum absolute atomic E-state index is 13.8. The summed E-state index contributed by atoms with van der Waals surface area (Å²) in [5.74, 6) is -2.77. The fraction of sp³-hybridized carbons (Fsp3) is 0.261. The van der Waals surface area contributed by atoms with Gasteiger partial charge in [-0.1, -0.05) is 13.8 Å². The third kappa shape index (κ3) is 4.63. The lowest BCUT2D eigenvalue weighted by Crippen LogP contribution is -2.29. The van der Waals surface area contributed by atoms with E-state index in [2.05, 4.69) is 25.7 Å². The second-order valence-corrected chi connectivity index (χ2v) is 8.20. The molecule has 4 aromatic rings. The summed E-state index contributed by atoms with van der Waals surface area (Å²) in [6, 6.07) is 7.44. The topological polar surface area (TPSA) is 107 Å². The normalized spacial score (nSPS) is 13.1. The maximum Gasteiger partial charge on any atom is 0.249 e. The number of nitrogens with one attached hydrogen (secondary N) is 2. The third-order valence-electron chi connectivity index (χ3n) is 5.45. The van der Waals surface area contributed by atoms with Gasteiger partial charge >= 0.3 is 0 Å². The Kier molecular flexibility index (Phi) is 6.35. The molecule has 0 aliphatic carbocycles. The lowest BCUT2D eigenvalue weighted by molar-refractivity contribution is -0.120. The predicted octanol–water partition coefficient (Wildman–Crippen LogP) is 3.94. The third-order valence-corrected chi connectivity index (χ3v) is 5.45. The first-order valence-electron chi connectivity index (χ1n) is 10.6. The lowest BCUT2D eigenvalue weighted by Gasteiger charge is -2.22. The van der Waals surface area contributed by atoms with Crippen LogP contribution >= 0.6 is 0 Å². The summed E-state index contributed by atoms with van der Waals surface area (Å²) in [5.41, 5.74) is 1.65. The Labute approximate surface area is 193 Å². The van der Waals surface area contributed by atoms with Gasteiger partial charge in [0.2, 0.25) is 11.8 Å². The van der Waals surface area contributed by atoms with Crippen molar-refractivity contribution in [3.63, 3.8) is 0 Å². The van der Waals surface area contributed by atoms with Crippen molar-refractivity contribution < 1.29 is 18.4 Å². The minimum absolute atomic E-state index is 0.164. The van der Waals surface area contributed by atoms with Crippen LogP contribution in [0, 0.1) is 17.6 Å². The Bertz CT molecular complexity index is 1320. The van der Waals surface area contributed by atoms with Crippen molar-refractivity contribution in [2.75, 3.05) is 10.6 Å². The number of carbonyl (C=O) groups excluding carboxylic acids is 2. The first-order chi connectivity index (χ1) is 16.2. The lowest BCUT2D eigenvalue weighted by atomic mass is 10.0. The van der Waals surface area contributed by atoms with Crippen molar-refractivity contribution in [3.05, 3.63) is 67.0 Å². The van der Waals surface area contributed by atoms with E-state index in [0.717, 1.165) is 12.1 Å². The van der Waals surface area contributed by atoms with Gasteiger partial charge < -0.3 is 15.2 Å². The number of rotatable bonds is 7. The SMILES string of the molecule is CC(C)C(C(=O)Nc1ccc(NC(=O)C(C)n2cncn2)cc1)n1cnc2cc(F)c(F)cc21. The van der Waals surface area contributed by atoms with Crippen LogP contribution in [0.5, 0.6) is 0 Å². The van der Waals surface area contributed by atoms with E-state index in [1.807, 2.05) is 13.8 Å². The average molecular weight is 467 g/mol. The molecule has 34 heavy (non-hydrogen) atoms. The van der Waals surface area contributed by atoms with E-state index in [0.29, 0.717) is 16.9 Å². The van der Waals surface area contributed by atoms with Crippen LogP contribution < -0.4 is 10.6 Å². The van der Waals surface area contributed by atoms with Crippen LogP contribution in [-0.4, -0.2) is 36.1 Å². The summed E-state index contributed by atoms with van der Waals surface area (Å²) in [5, 5.41) is 9.58. The number of aromatic nitrogens is 5. The molecule has 2 unspecified atom stereocenters. The summed E-state index contributed by atoms with van der Waals surface area (Å²) in [6.07, 6.45) is 4.22. The largest absolute Gasteiger partial charge is 0.324 e. The van der Waals surface area contributed by atoms with Gasteiger partial charge in [0.25, 0.3) is 0 Å². The Morgan fingerprint density at radius 1 is 0.912 bits per heavy atom. The molecule has 176 valence electrons. The number of halogens is 2. The summed E-state index contributed by atoms with van der Waals surface area (Å²) in [4.78, 5) is 33.5. The first kappa shape index (κ1) is 23.0. The molecular formula is C23H23F2N7O2. The molecule has 0 aliphatic heterocycles. The van der Waals surface area contributed by atoms with Gasteiger partial charge in [-0.05, 0) is 37.1 Å². The quantitative estimate of drug-likeness (QED) is 0.428. The van der Waals surface area contributed by atoms with Crippen molar-refractivity contribution >= 4 is 34.2 Å². The number of fused-ring (bicyclic) bond motifs is 1. The van der Waals surface area contributed by atoms with E-state index in [9.17, 15) is 18.4 Å². The second-order valence-electron chi connectivity index (χ2n) is 8.20. The number of nitrogens with zero attached hydrogens (tertiary/aromatic N) is 5. The molecule has 4 rings (SSSR count). The smallest absolute Gasteiger partial charge is 0.249 e. The summed E-state index contributed by atoms with van der Waals surface area (Å²) in [6.45, 7) is 5.40. The van der Waals surface area contributed by atoms with Crippen molar-refractivity contribution in [2.45, 2.75) is 32.9 Å². The van der Waals surface area contributed by atoms with E-state index in [1.54, 1.807) is 31.2 Å². The zero-order valence-corrected chi connectivity index (χ0v) is 18.7. The minimum Gasteiger partial charge on any atom is -0.324 e. The Hall–Kier alpha value is -4.15. The van der Waals surface area contributed by atoms with E-state index in [-0.39, 0.29) is 23.2 Å². The van der Waals surface area contributed by atoms with Crippen LogP contribution in [0.2, 0.25) is 0 Å². The van der Waals surface area contributed by atoms with E-state index < -0.39 is 23.7 Å². The molecule has 2 amide bonds. The van der Waals surface area contributed by atoms with Crippen molar-refractivity contribution in [1.82, 2.24) is 24.3 Å². The number of hydrogen-bond acceptors (Lipinski definition) is 5. The van der Waals surface area contributed by atoms with Gasteiger partial charge in [-0.25, -0.2) is 23.4 Å². The summed E-state index contributed by atoms with van der Waals surface area (Å²) < 4.78 is 30.4. The highest BCUT2D eigenvalue weighted by atomic mass is 19.2. The molecule has 0 saturated carbocycles. The molecule has 0 radical (unpaired) electrons. The molecule has 11 heteroatoms. The van der Waals surface area contributed by atoms with Crippen molar-refractivity contribution in [3.8, 4) is 0 Å². The highest BCUT2D eigenvalue weighted by Crippen LogP contribution is 2.27. The Morgan fingerprint density at radius 3 is 2.12 bits per heavy atom. The standard InChI is InChI=1S/C23H23F2N7O2/c1-13(2)21(31-12-27-19-8-17(24)18(25)9-20(19)31)23(34)30-16-6-4-15(5-7-16)29-22(33)14(3)32-11-26-10-28-32/h4-14,21H,1-3H3,(H,29,33)(H,30,34).